The average Bonchev–Trinajstić information content (AvgIpc) is 3.41. The second-order valence-electron chi connectivity index (χ2n) is 8.38. The van der Waals surface area contributed by atoms with Crippen LogP contribution in [0, 0.1) is 5.41 Å². The molecule has 2 aromatic rings. The van der Waals surface area contributed by atoms with E-state index in [-0.39, 0.29) is 22.5 Å². The molecule has 1 saturated carbocycles. The summed E-state index contributed by atoms with van der Waals surface area (Å²) in [6, 6.07) is 13.4. The molecule has 2 atom stereocenters. The van der Waals surface area contributed by atoms with Crippen molar-refractivity contribution in [2.45, 2.75) is 31.0 Å². The first-order chi connectivity index (χ1) is 14.7. The Kier molecular flexibility index (Phi) is 5.68. The Morgan fingerprint density at radius 3 is 2.58 bits per heavy atom. The fourth-order valence-corrected chi connectivity index (χ4v) is 5.22. The van der Waals surface area contributed by atoms with E-state index in [0.29, 0.717) is 26.1 Å². The van der Waals surface area contributed by atoms with Gasteiger partial charge >= 0.3 is 12.3 Å². The van der Waals surface area contributed by atoms with E-state index in [1.54, 1.807) is 12.0 Å². The molecule has 0 unspecified atom stereocenters. The van der Waals surface area contributed by atoms with Gasteiger partial charge in [-0.25, -0.2) is 4.79 Å². The molecule has 4 nitrogen and oxygen atoms in total. The lowest BCUT2D eigenvalue weighted by molar-refractivity contribution is -0.137. The molecule has 2 aromatic carbocycles. The van der Waals surface area contributed by atoms with Crippen LogP contribution in [0.1, 0.15) is 29.5 Å². The van der Waals surface area contributed by atoms with Crippen LogP contribution in [0.2, 0.25) is 5.02 Å². The van der Waals surface area contributed by atoms with E-state index in [1.807, 2.05) is 30.3 Å². The Morgan fingerprint density at radius 2 is 1.94 bits per heavy atom. The summed E-state index contributed by atoms with van der Waals surface area (Å²) in [5, 5.41) is -0.303. The second-order valence-corrected chi connectivity index (χ2v) is 8.78. The highest BCUT2D eigenvalue weighted by molar-refractivity contribution is 6.31. The summed E-state index contributed by atoms with van der Waals surface area (Å²) in [5.41, 5.74) is 0.107. The number of benzene rings is 2. The van der Waals surface area contributed by atoms with Crippen LogP contribution in [0.5, 0.6) is 0 Å². The zero-order valence-electron chi connectivity index (χ0n) is 17.0. The molecule has 2 fully saturated rings. The summed E-state index contributed by atoms with van der Waals surface area (Å²) < 4.78 is 50.2. The van der Waals surface area contributed by atoms with Crippen molar-refractivity contribution < 1.29 is 27.4 Å². The topological polar surface area (TPSA) is 38.8 Å². The minimum atomic E-state index is -4.49. The van der Waals surface area contributed by atoms with E-state index in [2.05, 4.69) is 0 Å². The predicted octanol–water partition coefficient (Wildman–Crippen LogP) is 5.68. The fourth-order valence-electron chi connectivity index (χ4n) is 4.94. The molecular formula is C23H23ClF3NO3. The number of amides is 1. The van der Waals surface area contributed by atoms with Crippen molar-refractivity contribution in [3.05, 3.63) is 70.2 Å². The lowest BCUT2D eigenvalue weighted by Crippen LogP contribution is -2.46. The normalized spacial score (nSPS) is 25.1. The van der Waals surface area contributed by atoms with Crippen molar-refractivity contribution in [1.82, 2.24) is 4.90 Å². The molecule has 1 saturated heterocycles. The second kappa shape index (κ2) is 8.02. The number of carbonyl (C=O) groups is 1. The average molecular weight is 454 g/mol. The summed E-state index contributed by atoms with van der Waals surface area (Å²) in [6.45, 7) is 1.46. The highest BCUT2D eigenvalue weighted by Crippen LogP contribution is 2.69. The molecule has 0 bridgehead atoms. The number of halogens is 4. The van der Waals surface area contributed by atoms with Crippen LogP contribution in [-0.2, 0) is 27.7 Å². The summed E-state index contributed by atoms with van der Waals surface area (Å²) >= 11 is 5.98. The third-order valence-corrected chi connectivity index (χ3v) is 6.86. The largest absolute Gasteiger partial charge is 0.445 e. The number of likely N-dealkylation sites (tertiary alicyclic amines) is 1. The van der Waals surface area contributed by atoms with Crippen molar-refractivity contribution in [2.75, 3.05) is 26.8 Å². The first-order valence-corrected chi connectivity index (χ1v) is 10.4. The molecule has 1 amide bonds. The van der Waals surface area contributed by atoms with Gasteiger partial charge < -0.3 is 14.4 Å². The van der Waals surface area contributed by atoms with Crippen LogP contribution < -0.4 is 0 Å². The number of methoxy groups -OCH3 is 1. The number of piperidine rings is 1. The molecule has 8 heteroatoms. The maximum atomic E-state index is 13.1. The molecule has 0 N–H and O–H groups in total. The Morgan fingerprint density at radius 1 is 1.19 bits per heavy atom. The molecule has 0 aromatic heterocycles. The van der Waals surface area contributed by atoms with E-state index in [4.69, 9.17) is 21.1 Å². The first-order valence-electron chi connectivity index (χ1n) is 10.0. The van der Waals surface area contributed by atoms with Gasteiger partial charge in [0.2, 0.25) is 0 Å². The number of ether oxygens (including phenoxy) is 2. The van der Waals surface area contributed by atoms with Crippen molar-refractivity contribution in [3.63, 3.8) is 0 Å². The van der Waals surface area contributed by atoms with Crippen LogP contribution in [0.3, 0.4) is 0 Å². The van der Waals surface area contributed by atoms with Gasteiger partial charge in [-0.1, -0.05) is 48.0 Å². The number of carbonyl (C=O) groups excluding carboxylic acids is 1. The Hall–Kier alpha value is -2.25. The first kappa shape index (κ1) is 22.0. The van der Waals surface area contributed by atoms with Crippen LogP contribution in [0.4, 0.5) is 18.0 Å². The standard InChI is InChI=1S/C23H23ClF3NO3/c1-30-15-21-13-22(21,17-7-8-18(19(24)11-17)23(25,26)27)9-10-28(14-21)20(29)31-12-16-5-3-2-4-6-16/h2-8,11H,9-10,12-15H2,1H3/t21-,22-/m1/s1. The number of hydrogen-bond donors (Lipinski definition) is 0. The molecule has 1 aliphatic heterocycles. The Bertz CT molecular complexity index is 968. The molecule has 166 valence electrons. The minimum absolute atomic E-state index is 0.188. The van der Waals surface area contributed by atoms with Gasteiger partial charge in [-0.2, -0.15) is 13.2 Å². The zero-order valence-corrected chi connectivity index (χ0v) is 17.8. The molecular weight excluding hydrogens is 431 g/mol. The molecule has 4 rings (SSSR count). The van der Waals surface area contributed by atoms with Gasteiger partial charge in [-0.15, -0.1) is 0 Å². The van der Waals surface area contributed by atoms with Gasteiger partial charge in [0.1, 0.15) is 6.61 Å². The maximum Gasteiger partial charge on any atom is 0.417 e. The van der Waals surface area contributed by atoms with Crippen LogP contribution >= 0.6 is 11.6 Å². The van der Waals surface area contributed by atoms with E-state index in [0.717, 1.165) is 23.6 Å². The summed E-state index contributed by atoms with van der Waals surface area (Å²) in [5.74, 6) is 0. The number of nitrogens with zero attached hydrogens (tertiary/aromatic N) is 1. The van der Waals surface area contributed by atoms with Gasteiger partial charge in [-0.3, -0.25) is 0 Å². The maximum absolute atomic E-state index is 13.1. The number of hydrogen-bond acceptors (Lipinski definition) is 3. The highest BCUT2D eigenvalue weighted by atomic mass is 35.5. The predicted molar refractivity (Wildman–Crippen MR) is 110 cm³/mol. The summed E-state index contributed by atoms with van der Waals surface area (Å²) in [4.78, 5) is 14.3. The molecule has 0 radical (unpaired) electrons. The van der Waals surface area contributed by atoms with Crippen molar-refractivity contribution >= 4 is 17.7 Å². The lowest BCUT2D eigenvalue weighted by atomic mass is 9.80. The van der Waals surface area contributed by atoms with Crippen LogP contribution in [0.25, 0.3) is 0 Å². The van der Waals surface area contributed by atoms with Gasteiger partial charge in [-0.05, 0) is 36.1 Å². The third kappa shape index (κ3) is 4.01. The van der Waals surface area contributed by atoms with Crippen molar-refractivity contribution in [2.24, 2.45) is 5.41 Å². The lowest BCUT2D eigenvalue weighted by Gasteiger charge is -2.37. The summed E-state index contributed by atoms with van der Waals surface area (Å²) in [7, 11) is 1.59. The zero-order chi connectivity index (χ0) is 22.3. The Balaban J connectivity index is 1.50. The van der Waals surface area contributed by atoms with E-state index < -0.39 is 17.8 Å². The number of alkyl halides is 3. The van der Waals surface area contributed by atoms with Gasteiger partial charge in [0.15, 0.2) is 0 Å². The minimum Gasteiger partial charge on any atom is -0.445 e. The molecule has 1 heterocycles. The molecule has 0 spiro atoms. The van der Waals surface area contributed by atoms with Gasteiger partial charge in [0.05, 0.1) is 17.2 Å². The molecule has 2 aliphatic rings. The van der Waals surface area contributed by atoms with Crippen LogP contribution in [0.15, 0.2) is 48.5 Å². The SMILES string of the molecule is COC[C@@]12CN(C(=O)OCc3ccccc3)CC[C@]1(c1ccc(C(F)(F)F)c(Cl)c1)C2. The van der Waals surface area contributed by atoms with Crippen molar-refractivity contribution in [3.8, 4) is 0 Å². The van der Waals surface area contributed by atoms with Crippen molar-refractivity contribution in [1.29, 1.82) is 0 Å². The number of fused-ring (bicyclic) bond motifs is 1. The smallest absolute Gasteiger partial charge is 0.417 e. The van der Waals surface area contributed by atoms with Gasteiger partial charge in [0.25, 0.3) is 0 Å². The summed E-state index contributed by atoms with van der Waals surface area (Å²) in [6.07, 6.45) is -3.56. The Labute approximate surface area is 183 Å². The fraction of sp³-hybridized carbons (Fsp3) is 0.435. The highest BCUT2D eigenvalue weighted by Gasteiger charge is 2.70. The third-order valence-electron chi connectivity index (χ3n) is 6.54. The quantitative estimate of drug-likeness (QED) is 0.585. The molecule has 31 heavy (non-hydrogen) atoms. The van der Waals surface area contributed by atoms with E-state index in [1.165, 1.54) is 12.1 Å². The monoisotopic (exact) mass is 453 g/mol. The molecule has 1 aliphatic carbocycles. The van der Waals surface area contributed by atoms with E-state index >= 15 is 0 Å². The number of rotatable bonds is 5. The van der Waals surface area contributed by atoms with Gasteiger partial charge in [0, 0.05) is 31.0 Å². The van der Waals surface area contributed by atoms with E-state index in [9.17, 15) is 18.0 Å². The van der Waals surface area contributed by atoms with Crippen LogP contribution in [-0.4, -0.2) is 37.8 Å².